The molecule has 0 aliphatic heterocycles. The Balaban J connectivity index is 1.87. The standard InChI is InChI=1S/C15H20N4O/c1-12(13-6-4-3-5-7-13)8-17-14-9-18-19(10-14)11-15(20)16-2/h3-7,9-10,12,17H,8,11H2,1-2H3,(H,16,20). The number of anilines is 1. The number of carbonyl (C=O) groups is 1. The van der Waals surface area contributed by atoms with Gasteiger partial charge in [-0.15, -0.1) is 0 Å². The second-order valence-corrected chi connectivity index (χ2v) is 4.79. The lowest BCUT2D eigenvalue weighted by molar-refractivity contribution is -0.121. The van der Waals surface area contributed by atoms with Gasteiger partial charge >= 0.3 is 0 Å². The van der Waals surface area contributed by atoms with E-state index in [4.69, 9.17) is 0 Å². The summed E-state index contributed by atoms with van der Waals surface area (Å²) in [5, 5.41) is 10.1. The SMILES string of the molecule is CNC(=O)Cn1cc(NCC(C)c2ccccc2)cn1. The Bertz CT molecular complexity index is 550. The monoisotopic (exact) mass is 272 g/mol. The van der Waals surface area contributed by atoms with E-state index < -0.39 is 0 Å². The van der Waals surface area contributed by atoms with Crippen LogP contribution >= 0.6 is 0 Å². The minimum absolute atomic E-state index is 0.0581. The Kier molecular flexibility index (Phi) is 4.76. The molecule has 1 unspecified atom stereocenters. The Hall–Kier alpha value is -2.30. The van der Waals surface area contributed by atoms with Gasteiger partial charge in [0.25, 0.3) is 0 Å². The Labute approximate surface area is 119 Å². The molecule has 0 saturated carbocycles. The summed E-state index contributed by atoms with van der Waals surface area (Å²) in [5.74, 6) is 0.357. The van der Waals surface area contributed by atoms with Crippen molar-refractivity contribution in [2.45, 2.75) is 19.4 Å². The fourth-order valence-electron chi connectivity index (χ4n) is 1.94. The van der Waals surface area contributed by atoms with Gasteiger partial charge in [0.2, 0.25) is 5.91 Å². The number of likely N-dealkylation sites (N-methyl/N-ethyl adjacent to an activating group) is 1. The smallest absolute Gasteiger partial charge is 0.241 e. The number of carbonyl (C=O) groups excluding carboxylic acids is 1. The molecule has 1 aromatic carbocycles. The molecule has 2 N–H and O–H groups in total. The number of nitrogens with one attached hydrogen (secondary N) is 2. The summed E-state index contributed by atoms with van der Waals surface area (Å²) < 4.78 is 1.62. The number of aromatic nitrogens is 2. The molecule has 0 aliphatic rings. The number of nitrogens with zero attached hydrogens (tertiary/aromatic N) is 2. The molecule has 1 heterocycles. The quantitative estimate of drug-likeness (QED) is 0.843. The van der Waals surface area contributed by atoms with Gasteiger partial charge in [0.15, 0.2) is 0 Å². The van der Waals surface area contributed by atoms with Crippen LogP contribution in [0.15, 0.2) is 42.7 Å². The van der Waals surface area contributed by atoms with Crippen molar-refractivity contribution in [2.24, 2.45) is 0 Å². The second-order valence-electron chi connectivity index (χ2n) is 4.79. The molecule has 0 bridgehead atoms. The summed E-state index contributed by atoms with van der Waals surface area (Å²) >= 11 is 0. The van der Waals surface area contributed by atoms with Crippen LogP contribution in [-0.4, -0.2) is 29.3 Å². The fraction of sp³-hybridized carbons (Fsp3) is 0.333. The molecule has 106 valence electrons. The number of hydrogen-bond donors (Lipinski definition) is 2. The molecule has 1 amide bonds. The number of hydrogen-bond acceptors (Lipinski definition) is 3. The summed E-state index contributed by atoms with van der Waals surface area (Å²) in [4.78, 5) is 11.2. The first-order valence-corrected chi connectivity index (χ1v) is 6.71. The van der Waals surface area contributed by atoms with E-state index in [1.54, 1.807) is 17.9 Å². The van der Waals surface area contributed by atoms with E-state index in [9.17, 15) is 4.79 Å². The van der Waals surface area contributed by atoms with Gasteiger partial charge in [0, 0.05) is 19.8 Å². The molecule has 2 aromatic rings. The minimum Gasteiger partial charge on any atom is -0.382 e. The van der Waals surface area contributed by atoms with Crippen molar-refractivity contribution in [2.75, 3.05) is 18.9 Å². The zero-order chi connectivity index (χ0) is 14.4. The van der Waals surface area contributed by atoms with Gasteiger partial charge < -0.3 is 10.6 Å². The lowest BCUT2D eigenvalue weighted by Crippen LogP contribution is -2.23. The molecule has 0 radical (unpaired) electrons. The fourth-order valence-corrected chi connectivity index (χ4v) is 1.94. The molecule has 0 saturated heterocycles. The van der Waals surface area contributed by atoms with E-state index in [0.29, 0.717) is 5.92 Å². The molecule has 0 fully saturated rings. The van der Waals surface area contributed by atoms with Gasteiger partial charge in [-0.2, -0.15) is 5.10 Å². The third-order valence-corrected chi connectivity index (χ3v) is 3.20. The maximum Gasteiger partial charge on any atom is 0.241 e. The maximum absolute atomic E-state index is 11.2. The van der Waals surface area contributed by atoms with E-state index >= 15 is 0 Å². The molecule has 5 heteroatoms. The van der Waals surface area contributed by atoms with Crippen LogP contribution in [-0.2, 0) is 11.3 Å². The Morgan fingerprint density at radius 3 is 2.80 bits per heavy atom. The third-order valence-electron chi connectivity index (χ3n) is 3.20. The first-order chi connectivity index (χ1) is 9.69. The van der Waals surface area contributed by atoms with Crippen molar-refractivity contribution in [3.63, 3.8) is 0 Å². The third kappa shape index (κ3) is 3.85. The highest BCUT2D eigenvalue weighted by molar-refractivity contribution is 5.75. The molecular formula is C15H20N4O. The summed E-state index contributed by atoms with van der Waals surface area (Å²) in [5.41, 5.74) is 2.23. The van der Waals surface area contributed by atoms with Crippen molar-refractivity contribution in [3.8, 4) is 0 Å². The Morgan fingerprint density at radius 1 is 1.35 bits per heavy atom. The highest BCUT2D eigenvalue weighted by atomic mass is 16.1. The van der Waals surface area contributed by atoms with Gasteiger partial charge in [-0.3, -0.25) is 9.48 Å². The van der Waals surface area contributed by atoms with E-state index in [-0.39, 0.29) is 12.5 Å². The van der Waals surface area contributed by atoms with Crippen LogP contribution in [0.5, 0.6) is 0 Å². The minimum atomic E-state index is -0.0581. The van der Waals surface area contributed by atoms with Gasteiger partial charge in [-0.25, -0.2) is 0 Å². The van der Waals surface area contributed by atoms with Crippen molar-refractivity contribution in [1.82, 2.24) is 15.1 Å². The first kappa shape index (κ1) is 14.1. The lowest BCUT2D eigenvalue weighted by atomic mass is 10.0. The highest BCUT2D eigenvalue weighted by Gasteiger charge is 2.06. The summed E-state index contributed by atoms with van der Waals surface area (Å²) in [7, 11) is 1.62. The topological polar surface area (TPSA) is 59.0 Å². The molecule has 0 spiro atoms. The van der Waals surface area contributed by atoms with E-state index in [2.05, 4.69) is 34.8 Å². The Morgan fingerprint density at radius 2 is 2.10 bits per heavy atom. The molecule has 2 rings (SSSR count). The van der Waals surface area contributed by atoms with Crippen LogP contribution in [0.3, 0.4) is 0 Å². The largest absolute Gasteiger partial charge is 0.382 e. The lowest BCUT2D eigenvalue weighted by Gasteiger charge is -2.12. The first-order valence-electron chi connectivity index (χ1n) is 6.71. The molecule has 5 nitrogen and oxygen atoms in total. The van der Waals surface area contributed by atoms with Gasteiger partial charge in [0.05, 0.1) is 11.9 Å². The second kappa shape index (κ2) is 6.75. The van der Waals surface area contributed by atoms with Crippen molar-refractivity contribution >= 4 is 11.6 Å². The number of rotatable bonds is 6. The van der Waals surface area contributed by atoms with E-state index in [1.807, 2.05) is 24.4 Å². The predicted octanol–water partition coefficient (Wildman–Crippen LogP) is 1.84. The summed E-state index contributed by atoms with van der Waals surface area (Å²) in [6.45, 7) is 3.25. The average Bonchev–Trinajstić information content (AvgIpc) is 2.93. The normalized spacial score (nSPS) is 11.9. The van der Waals surface area contributed by atoms with E-state index in [1.165, 1.54) is 5.56 Å². The number of amides is 1. The summed E-state index contributed by atoms with van der Waals surface area (Å²) in [6.07, 6.45) is 3.58. The van der Waals surface area contributed by atoms with Gasteiger partial charge in [0.1, 0.15) is 6.54 Å². The van der Waals surface area contributed by atoms with Crippen LogP contribution in [0.1, 0.15) is 18.4 Å². The van der Waals surface area contributed by atoms with Crippen LogP contribution in [0, 0.1) is 0 Å². The van der Waals surface area contributed by atoms with Crippen LogP contribution < -0.4 is 10.6 Å². The molecular weight excluding hydrogens is 252 g/mol. The van der Waals surface area contributed by atoms with Crippen molar-refractivity contribution < 1.29 is 4.79 Å². The van der Waals surface area contributed by atoms with Crippen LogP contribution in [0.4, 0.5) is 5.69 Å². The summed E-state index contributed by atoms with van der Waals surface area (Å²) in [6, 6.07) is 10.4. The predicted molar refractivity (Wildman–Crippen MR) is 79.6 cm³/mol. The van der Waals surface area contributed by atoms with Crippen LogP contribution in [0.25, 0.3) is 0 Å². The van der Waals surface area contributed by atoms with Crippen molar-refractivity contribution in [1.29, 1.82) is 0 Å². The molecule has 0 aliphatic carbocycles. The molecule has 1 atom stereocenters. The van der Waals surface area contributed by atoms with Crippen LogP contribution in [0.2, 0.25) is 0 Å². The zero-order valence-electron chi connectivity index (χ0n) is 11.8. The average molecular weight is 272 g/mol. The zero-order valence-corrected chi connectivity index (χ0v) is 11.8. The molecule has 1 aromatic heterocycles. The van der Waals surface area contributed by atoms with Gasteiger partial charge in [-0.1, -0.05) is 37.3 Å². The highest BCUT2D eigenvalue weighted by Crippen LogP contribution is 2.15. The van der Waals surface area contributed by atoms with Gasteiger partial charge in [-0.05, 0) is 11.5 Å². The van der Waals surface area contributed by atoms with E-state index in [0.717, 1.165) is 12.2 Å². The molecule has 20 heavy (non-hydrogen) atoms. The number of benzene rings is 1. The maximum atomic E-state index is 11.2. The van der Waals surface area contributed by atoms with Crippen molar-refractivity contribution in [3.05, 3.63) is 48.3 Å².